The van der Waals surface area contributed by atoms with E-state index >= 15 is 0 Å². The smallest absolute Gasteiger partial charge is 0.408 e. The van der Waals surface area contributed by atoms with E-state index < -0.39 is 77.3 Å². The van der Waals surface area contributed by atoms with Gasteiger partial charge in [-0.15, -0.1) is 0 Å². The normalized spacial score (nSPS) is 17.1. The monoisotopic (exact) mass is 919 g/mol. The number of carbonyl (C=O) groups is 6. The van der Waals surface area contributed by atoms with E-state index in [1.165, 1.54) is 26.4 Å². The summed E-state index contributed by atoms with van der Waals surface area (Å²) in [5.41, 5.74) is 0.943. The van der Waals surface area contributed by atoms with Crippen molar-refractivity contribution in [1.82, 2.24) is 26.6 Å². The number of amides is 5. The molecule has 16 nitrogen and oxygen atoms in total. The summed E-state index contributed by atoms with van der Waals surface area (Å²) in [6.45, 7) is 5.01. The number of rotatable bonds is 11. The molecular formula is C49H50ClN5O11. The van der Waals surface area contributed by atoms with Gasteiger partial charge in [-0.3, -0.25) is 19.2 Å². The number of hydrogen-bond donors (Lipinski definition) is 6. The second kappa shape index (κ2) is 21.4. The van der Waals surface area contributed by atoms with E-state index in [1.807, 2.05) is 0 Å². The van der Waals surface area contributed by atoms with Crippen LogP contribution in [0.3, 0.4) is 0 Å². The van der Waals surface area contributed by atoms with Gasteiger partial charge in [-0.25, -0.2) is 9.59 Å². The van der Waals surface area contributed by atoms with E-state index in [-0.39, 0.29) is 35.7 Å². The van der Waals surface area contributed by atoms with Gasteiger partial charge in [0.15, 0.2) is 11.5 Å². The summed E-state index contributed by atoms with van der Waals surface area (Å²) in [4.78, 5) is 84.5. The summed E-state index contributed by atoms with van der Waals surface area (Å²) in [6, 6.07) is 25.0. The minimum Gasteiger partial charge on any atom is -0.504 e. The fourth-order valence-electron chi connectivity index (χ4n) is 7.10. The highest BCUT2D eigenvalue weighted by Crippen LogP contribution is 2.42. The molecule has 0 saturated heterocycles. The minimum absolute atomic E-state index is 0.00682. The first-order chi connectivity index (χ1) is 31.5. The van der Waals surface area contributed by atoms with Crippen molar-refractivity contribution in [2.45, 2.75) is 69.4 Å². The number of nitrogens with one attached hydrogen (secondary N) is 5. The number of carbonyl (C=O) groups excluding carboxylic acids is 6. The highest BCUT2D eigenvalue weighted by atomic mass is 35.5. The van der Waals surface area contributed by atoms with E-state index in [9.17, 15) is 33.9 Å². The maximum atomic E-state index is 14.9. The first-order valence-corrected chi connectivity index (χ1v) is 21.2. The summed E-state index contributed by atoms with van der Waals surface area (Å²) in [6.07, 6.45) is -0.914. The Morgan fingerprint density at radius 2 is 1.45 bits per heavy atom. The molecule has 5 aromatic carbocycles. The average molecular weight is 920 g/mol. The molecule has 0 radical (unpaired) electrons. The zero-order valence-electron chi connectivity index (χ0n) is 36.8. The number of phenolic OH excluding ortho intramolecular Hbond substituents is 1. The van der Waals surface area contributed by atoms with Crippen molar-refractivity contribution in [3.05, 3.63) is 154 Å². The molecule has 2 aliphatic rings. The number of phenols is 1. The molecule has 4 bridgehead atoms. The zero-order chi connectivity index (χ0) is 47.5. The van der Waals surface area contributed by atoms with Crippen LogP contribution in [-0.4, -0.2) is 72.7 Å². The molecule has 66 heavy (non-hydrogen) atoms. The molecule has 0 fully saturated rings. The van der Waals surface area contributed by atoms with Crippen molar-refractivity contribution in [2.24, 2.45) is 0 Å². The van der Waals surface area contributed by atoms with E-state index in [2.05, 4.69) is 26.6 Å². The third-order valence-corrected chi connectivity index (χ3v) is 10.5. The Labute approximate surface area is 386 Å². The van der Waals surface area contributed by atoms with Crippen molar-refractivity contribution in [3.8, 4) is 23.0 Å². The van der Waals surface area contributed by atoms with Gasteiger partial charge >= 0.3 is 12.1 Å². The molecule has 17 heteroatoms. The maximum Gasteiger partial charge on any atom is 0.408 e. The van der Waals surface area contributed by atoms with Crippen molar-refractivity contribution >= 4 is 47.3 Å². The Balaban J connectivity index is 1.43. The van der Waals surface area contributed by atoms with Crippen molar-refractivity contribution in [2.75, 3.05) is 14.2 Å². The van der Waals surface area contributed by atoms with Crippen molar-refractivity contribution in [3.63, 3.8) is 0 Å². The van der Waals surface area contributed by atoms with Gasteiger partial charge in [0.25, 0.3) is 0 Å². The molecule has 5 amide bonds. The third-order valence-electron chi connectivity index (χ3n) is 10.3. The van der Waals surface area contributed by atoms with Gasteiger partial charge in [-0.2, -0.15) is 0 Å². The number of aromatic hydroxyl groups is 1. The molecule has 5 atom stereocenters. The van der Waals surface area contributed by atoms with Gasteiger partial charge in [0.1, 0.15) is 41.6 Å². The van der Waals surface area contributed by atoms with Crippen LogP contribution in [0.4, 0.5) is 4.79 Å². The lowest BCUT2D eigenvalue weighted by Gasteiger charge is -2.28. The molecule has 0 unspecified atom stereocenters. The van der Waals surface area contributed by atoms with Gasteiger partial charge in [-0.1, -0.05) is 96.5 Å². The summed E-state index contributed by atoms with van der Waals surface area (Å²) < 4.78 is 22.2. The lowest BCUT2D eigenvalue weighted by Crippen LogP contribution is -2.53. The second-order valence-electron chi connectivity index (χ2n) is 16.3. The number of halogens is 1. The number of alkyl carbamates (subject to hydrolysis) is 1. The lowest BCUT2D eigenvalue weighted by atomic mass is 9.99. The fourth-order valence-corrected chi connectivity index (χ4v) is 7.23. The summed E-state index contributed by atoms with van der Waals surface area (Å²) in [5.74, 6) is -4.49. The Morgan fingerprint density at radius 1 is 0.803 bits per heavy atom. The largest absolute Gasteiger partial charge is 0.504 e. The predicted octanol–water partition coefficient (Wildman–Crippen LogP) is 6.07. The average Bonchev–Trinajstić information content (AvgIpc) is 3.29. The molecule has 2 aliphatic heterocycles. The summed E-state index contributed by atoms with van der Waals surface area (Å²) in [5, 5.41) is 25.3. The molecule has 0 aromatic heterocycles. The number of fused-ring (bicyclic) bond motifs is 9. The Hall–Kier alpha value is -7.59. The highest BCUT2D eigenvalue weighted by molar-refractivity contribution is 6.30. The van der Waals surface area contributed by atoms with Crippen LogP contribution in [0.25, 0.3) is 0 Å². The van der Waals surface area contributed by atoms with Crippen LogP contribution in [0.5, 0.6) is 23.0 Å². The predicted molar refractivity (Wildman–Crippen MR) is 243 cm³/mol. The van der Waals surface area contributed by atoms with Crippen LogP contribution in [0.2, 0.25) is 5.02 Å². The van der Waals surface area contributed by atoms with Crippen LogP contribution >= 0.6 is 11.6 Å². The maximum absolute atomic E-state index is 14.9. The topological polar surface area (TPSA) is 220 Å². The Morgan fingerprint density at radius 3 is 2.08 bits per heavy atom. The summed E-state index contributed by atoms with van der Waals surface area (Å²) >= 11 is 6.12. The van der Waals surface area contributed by atoms with Gasteiger partial charge in [0.2, 0.25) is 29.4 Å². The quantitative estimate of drug-likeness (QED) is 0.0836. The van der Waals surface area contributed by atoms with Gasteiger partial charge in [0.05, 0.1) is 14.2 Å². The Kier molecular flexibility index (Phi) is 15.5. The number of hydrogen-bond acceptors (Lipinski definition) is 11. The SMILES string of the molecule is COC(=O)[C@@H]1Cc2ccc(cc2)Oc2cc(cc(O)c2OC)[C@@H](NC(=O)[C@@H](NC(=O)[C@@H](Cc2ccc(Cl)cc2)NC(=O)OC(C)(C)C)c2ccccc2)C(=O)N[C@H](c2ccccc2)C(=O)N1. The van der Waals surface area contributed by atoms with Crippen LogP contribution < -0.4 is 36.1 Å². The fraction of sp³-hybridized carbons (Fsp3) is 0.265. The number of esters is 1. The van der Waals surface area contributed by atoms with Crippen LogP contribution in [0, 0.1) is 0 Å². The van der Waals surface area contributed by atoms with Crippen molar-refractivity contribution < 1.29 is 52.8 Å². The van der Waals surface area contributed by atoms with E-state index in [1.54, 1.807) is 130 Å². The number of ether oxygens (including phenoxy) is 4. The second-order valence-corrected chi connectivity index (χ2v) is 16.7. The van der Waals surface area contributed by atoms with E-state index in [0.29, 0.717) is 27.3 Å². The summed E-state index contributed by atoms with van der Waals surface area (Å²) in [7, 11) is 2.50. The van der Waals surface area contributed by atoms with E-state index in [0.717, 1.165) is 0 Å². The standard InChI is InChI=1S/C49H50ClN5O11/c1-49(2,3)66-48(62)52-35(24-28-16-20-33(50)21-17-28)43(57)53-40(31-14-10-7-11-15-31)45(59)55-41-32-26-37(56)42(63-4)38(27-32)65-34-22-18-29(19-23-34)25-36(47(61)64-5)51-44(58)39(54-46(41)60)30-12-8-6-9-13-30/h6-23,26-27,35-36,39-41,56H,24-25H2,1-5H3,(H,51,58)(H,52,62)(H,53,57)(H,54,60)(H,55,59)/t35-,36+,39-,40+,41-/m1/s1. The number of benzene rings is 5. The molecule has 6 N–H and O–H groups in total. The van der Waals surface area contributed by atoms with E-state index in [4.69, 9.17) is 30.5 Å². The minimum atomic E-state index is -1.71. The first kappa shape index (κ1) is 47.9. The third kappa shape index (κ3) is 12.6. The van der Waals surface area contributed by atoms with Gasteiger partial charge < -0.3 is 50.6 Å². The zero-order valence-corrected chi connectivity index (χ0v) is 37.5. The molecule has 344 valence electrons. The molecule has 2 heterocycles. The number of methoxy groups -OCH3 is 2. The van der Waals surface area contributed by atoms with Crippen LogP contribution in [-0.2, 0) is 46.3 Å². The van der Waals surface area contributed by atoms with Crippen LogP contribution in [0.1, 0.15) is 66.7 Å². The molecule has 0 aliphatic carbocycles. The molecule has 7 rings (SSSR count). The van der Waals surface area contributed by atoms with Gasteiger partial charge in [-0.05, 0) is 85.0 Å². The Bertz CT molecular complexity index is 2540. The van der Waals surface area contributed by atoms with Crippen LogP contribution in [0.15, 0.2) is 121 Å². The molecule has 0 saturated carbocycles. The molecule has 0 spiro atoms. The first-order valence-electron chi connectivity index (χ1n) is 20.8. The molecule has 5 aromatic rings. The lowest BCUT2D eigenvalue weighted by molar-refractivity contribution is -0.145. The molecular weight excluding hydrogens is 870 g/mol. The highest BCUT2D eigenvalue weighted by Gasteiger charge is 2.36. The van der Waals surface area contributed by atoms with Gasteiger partial charge in [0, 0.05) is 17.9 Å². The van der Waals surface area contributed by atoms with Crippen molar-refractivity contribution in [1.29, 1.82) is 0 Å².